The fraction of sp³-hybridized carbons (Fsp3) is 0.172. The van der Waals surface area contributed by atoms with Gasteiger partial charge in [0.25, 0.3) is 0 Å². The minimum absolute atomic E-state index is 0.0122. The number of para-hydroxylation sites is 4. The minimum atomic E-state index is 0.0122. The number of fused-ring (bicyclic) bond motifs is 5. The molecule has 9 aromatic rings. The first-order chi connectivity index (χ1) is 30.2. The Labute approximate surface area is 357 Å². The number of benzene rings is 8. The maximum atomic E-state index is 7.03. The van der Waals surface area contributed by atoms with Crippen molar-refractivity contribution >= 4 is 38.9 Å². The largest absolute Gasteiger partial charge is 0.457 e. The molecule has 4 aliphatic carbocycles. The zero-order chi connectivity index (χ0) is 40.1. The van der Waals surface area contributed by atoms with Crippen LogP contribution < -0.4 is 9.64 Å². The Hall–Kier alpha value is -6.84. The molecule has 0 N–H and O–H groups in total. The van der Waals surface area contributed by atoms with Gasteiger partial charge in [0.1, 0.15) is 11.5 Å². The number of rotatable bonds is 6. The van der Waals surface area contributed by atoms with Crippen molar-refractivity contribution in [2.45, 2.75) is 37.5 Å². The third-order valence-electron chi connectivity index (χ3n) is 15.0. The van der Waals surface area contributed by atoms with Crippen LogP contribution in [0.1, 0.15) is 43.2 Å². The molecule has 61 heavy (non-hydrogen) atoms. The van der Waals surface area contributed by atoms with Crippen molar-refractivity contribution in [2.24, 2.45) is 23.7 Å². The summed E-state index contributed by atoms with van der Waals surface area (Å²) in [4.78, 5) is 2.44. The van der Waals surface area contributed by atoms with Crippen molar-refractivity contribution in [3.63, 3.8) is 0 Å². The van der Waals surface area contributed by atoms with Crippen molar-refractivity contribution in [1.29, 1.82) is 0 Å². The molecule has 0 atom stereocenters. The molecule has 0 unspecified atom stereocenters. The summed E-state index contributed by atoms with van der Waals surface area (Å²) < 4.78 is 9.43. The molecule has 294 valence electrons. The van der Waals surface area contributed by atoms with E-state index in [0.29, 0.717) is 11.8 Å². The second kappa shape index (κ2) is 13.6. The van der Waals surface area contributed by atoms with Gasteiger partial charge in [0.2, 0.25) is 0 Å². The highest BCUT2D eigenvalue weighted by atomic mass is 16.5. The average Bonchev–Trinajstić information content (AvgIpc) is 3.65. The molecule has 8 aromatic carbocycles. The number of hydrogen-bond acceptors (Lipinski definition) is 2. The molecule has 1 spiro atoms. The van der Waals surface area contributed by atoms with E-state index in [1.54, 1.807) is 0 Å². The second-order valence-corrected chi connectivity index (χ2v) is 18.1. The summed E-state index contributed by atoms with van der Waals surface area (Å²) in [6.45, 7) is 0. The smallest absolute Gasteiger partial charge is 0.133 e. The van der Waals surface area contributed by atoms with Crippen molar-refractivity contribution in [2.75, 3.05) is 4.90 Å². The quantitative estimate of drug-likeness (QED) is 0.167. The number of hydrogen-bond donors (Lipinski definition) is 0. The van der Waals surface area contributed by atoms with Gasteiger partial charge >= 0.3 is 0 Å². The van der Waals surface area contributed by atoms with Crippen molar-refractivity contribution in [1.82, 2.24) is 4.57 Å². The highest BCUT2D eigenvalue weighted by Gasteiger charge is 2.61. The lowest BCUT2D eigenvalue weighted by Crippen LogP contribution is -2.56. The van der Waals surface area contributed by atoms with Gasteiger partial charge in [0.05, 0.1) is 16.7 Å². The normalized spacial score (nSPS) is 22.0. The molecule has 3 nitrogen and oxygen atoms in total. The summed E-state index contributed by atoms with van der Waals surface area (Å²) in [6.07, 6.45) is 6.80. The van der Waals surface area contributed by atoms with E-state index in [9.17, 15) is 0 Å². The minimum Gasteiger partial charge on any atom is -0.457 e. The number of anilines is 3. The van der Waals surface area contributed by atoms with Gasteiger partial charge in [-0.25, -0.2) is 0 Å². The van der Waals surface area contributed by atoms with Gasteiger partial charge in [-0.2, -0.15) is 0 Å². The molecule has 1 aromatic heterocycles. The van der Waals surface area contributed by atoms with Crippen LogP contribution in [0.15, 0.2) is 194 Å². The summed E-state index contributed by atoms with van der Waals surface area (Å²) in [6, 6.07) is 71.4. The summed E-state index contributed by atoms with van der Waals surface area (Å²) in [5, 5.41) is 2.54. The average molecular weight is 787 g/mol. The lowest BCUT2D eigenvalue weighted by Gasteiger charge is -2.63. The Morgan fingerprint density at radius 3 is 1.80 bits per heavy atom. The Kier molecular flexibility index (Phi) is 7.79. The van der Waals surface area contributed by atoms with E-state index in [-0.39, 0.29) is 5.41 Å². The summed E-state index contributed by atoms with van der Waals surface area (Å²) >= 11 is 0. The summed E-state index contributed by atoms with van der Waals surface area (Å²) in [5.41, 5.74) is 14.5. The van der Waals surface area contributed by atoms with Crippen LogP contribution in [0, 0.1) is 23.7 Å². The first-order valence-corrected chi connectivity index (χ1v) is 22.3. The zero-order valence-electron chi connectivity index (χ0n) is 34.1. The van der Waals surface area contributed by atoms with E-state index in [1.165, 1.54) is 87.3 Å². The molecule has 0 amide bonds. The maximum Gasteiger partial charge on any atom is 0.133 e. The van der Waals surface area contributed by atoms with Crippen LogP contribution in [-0.2, 0) is 5.41 Å². The third kappa shape index (κ3) is 5.29. The lowest BCUT2D eigenvalue weighted by molar-refractivity contribution is -0.0452. The van der Waals surface area contributed by atoms with E-state index in [4.69, 9.17) is 4.74 Å². The molecule has 14 rings (SSSR count). The predicted octanol–water partition coefficient (Wildman–Crippen LogP) is 15.4. The fourth-order valence-corrected chi connectivity index (χ4v) is 12.8. The molecular weight excluding hydrogens is 741 g/mol. The van der Waals surface area contributed by atoms with Gasteiger partial charge in [0, 0.05) is 56.0 Å². The molecule has 0 saturated heterocycles. The molecule has 4 saturated carbocycles. The van der Waals surface area contributed by atoms with Gasteiger partial charge < -0.3 is 14.2 Å². The van der Waals surface area contributed by atoms with Crippen molar-refractivity contribution in [3.05, 3.63) is 205 Å². The Morgan fingerprint density at radius 2 is 1.05 bits per heavy atom. The summed E-state index contributed by atoms with van der Waals surface area (Å²) in [7, 11) is 0. The number of ether oxygens (including phenoxy) is 1. The van der Waals surface area contributed by atoms with Crippen molar-refractivity contribution < 1.29 is 4.74 Å². The predicted molar refractivity (Wildman–Crippen MR) is 251 cm³/mol. The number of nitrogens with zero attached hydrogens (tertiary/aromatic N) is 2. The molecule has 0 radical (unpaired) electrons. The molecule has 4 fully saturated rings. The van der Waals surface area contributed by atoms with E-state index in [2.05, 4.69) is 204 Å². The van der Waals surface area contributed by atoms with Crippen LogP contribution in [0.25, 0.3) is 49.7 Å². The van der Waals surface area contributed by atoms with Gasteiger partial charge in [-0.05, 0) is 127 Å². The SMILES string of the molecule is c1ccc(-c2ccccc2N(c2ccc(-c3cccc(-n4c5ccccc5c5ccccc54)c3)cc2)c2ccc3c(c2)Oc2ccccc2C32C3CC4CC(C3)CC2C4)cc1. The van der Waals surface area contributed by atoms with Crippen LogP contribution in [-0.4, -0.2) is 4.57 Å². The van der Waals surface area contributed by atoms with E-state index >= 15 is 0 Å². The van der Waals surface area contributed by atoms with Crippen LogP contribution in [0.3, 0.4) is 0 Å². The molecule has 5 aliphatic rings. The summed E-state index contributed by atoms with van der Waals surface area (Å²) in [5.74, 6) is 5.15. The van der Waals surface area contributed by atoms with Gasteiger partial charge in [0.15, 0.2) is 0 Å². The van der Waals surface area contributed by atoms with E-state index in [1.807, 2.05) is 0 Å². The fourth-order valence-electron chi connectivity index (χ4n) is 12.8. The molecule has 2 heterocycles. The standard InChI is InChI=1S/C58H46N2O/c1-2-13-41(14-3-1)48-17-4-8-21-53(48)59(47-29-30-52-57(37-47)61-56-24-11-7-20-51(56)58(52)43-32-38-31-39(34-43)35-44(58)33-38)45-27-25-40(26-28-45)42-15-12-16-46(36-42)60-54-22-9-5-18-49(54)50-19-6-10-23-55(50)60/h1-30,36-39,43-44H,31-35H2. The van der Waals surface area contributed by atoms with Gasteiger partial charge in [-0.3, -0.25) is 0 Å². The highest BCUT2D eigenvalue weighted by molar-refractivity contribution is 6.09. The molecule has 3 heteroatoms. The van der Waals surface area contributed by atoms with Crippen LogP contribution in [0.5, 0.6) is 11.5 Å². The lowest BCUT2D eigenvalue weighted by atomic mass is 9.42. The molecule has 4 bridgehead atoms. The highest BCUT2D eigenvalue weighted by Crippen LogP contribution is 2.69. The molecular formula is C58H46N2O. The van der Waals surface area contributed by atoms with Crippen LogP contribution >= 0.6 is 0 Å². The monoisotopic (exact) mass is 786 g/mol. The first kappa shape index (κ1) is 35.0. The number of aromatic nitrogens is 1. The second-order valence-electron chi connectivity index (χ2n) is 18.1. The Morgan fingerprint density at radius 1 is 0.443 bits per heavy atom. The topological polar surface area (TPSA) is 17.4 Å². The van der Waals surface area contributed by atoms with Gasteiger partial charge in [-0.15, -0.1) is 0 Å². The van der Waals surface area contributed by atoms with E-state index < -0.39 is 0 Å². The van der Waals surface area contributed by atoms with Gasteiger partial charge in [-0.1, -0.05) is 133 Å². The molecule has 1 aliphatic heterocycles. The first-order valence-electron chi connectivity index (χ1n) is 22.3. The van der Waals surface area contributed by atoms with Crippen LogP contribution in [0.2, 0.25) is 0 Å². The Balaban J connectivity index is 0.940. The van der Waals surface area contributed by atoms with E-state index in [0.717, 1.165) is 46.1 Å². The van der Waals surface area contributed by atoms with Crippen LogP contribution in [0.4, 0.5) is 17.1 Å². The third-order valence-corrected chi connectivity index (χ3v) is 15.0. The maximum absolute atomic E-state index is 7.03. The zero-order valence-corrected chi connectivity index (χ0v) is 34.1. The Bertz CT molecular complexity index is 3060. The van der Waals surface area contributed by atoms with Crippen molar-refractivity contribution in [3.8, 4) is 39.4 Å².